The molecular formula is C32H36Cl2N4O2. The normalized spacial score (nSPS) is 12.4. The van der Waals surface area contributed by atoms with Gasteiger partial charge in [0.2, 0.25) is 5.91 Å². The van der Waals surface area contributed by atoms with Crippen LogP contribution >= 0.6 is 23.2 Å². The van der Waals surface area contributed by atoms with Gasteiger partial charge in [-0.3, -0.25) is 4.79 Å². The number of benzene rings is 2. The Morgan fingerprint density at radius 2 is 1.62 bits per heavy atom. The third kappa shape index (κ3) is 8.18. The Kier molecular flexibility index (Phi) is 9.69. The van der Waals surface area contributed by atoms with Crippen molar-refractivity contribution in [1.82, 2.24) is 20.2 Å². The fourth-order valence-corrected chi connectivity index (χ4v) is 5.40. The summed E-state index contributed by atoms with van der Waals surface area (Å²) < 4.78 is 2.09. The van der Waals surface area contributed by atoms with Gasteiger partial charge in [-0.15, -0.1) is 0 Å². The van der Waals surface area contributed by atoms with Gasteiger partial charge < -0.3 is 20.3 Å². The Hall–Kier alpha value is -3.16. The minimum absolute atomic E-state index is 0.0736. The first-order valence-electron chi connectivity index (χ1n) is 13.3. The molecule has 4 aromatic rings. The van der Waals surface area contributed by atoms with E-state index < -0.39 is 6.10 Å². The number of carbonyl (C=O) groups excluding carboxylic acids is 1. The van der Waals surface area contributed by atoms with E-state index in [-0.39, 0.29) is 17.9 Å². The van der Waals surface area contributed by atoms with Crippen molar-refractivity contribution in [3.05, 3.63) is 117 Å². The monoisotopic (exact) mass is 578 g/mol. The van der Waals surface area contributed by atoms with Crippen LogP contribution in [0, 0.1) is 13.8 Å². The molecule has 2 heterocycles. The van der Waals surface area contributed by atoms with Crippen molar-refractivity contribution >= 4 is 29.1 Å². The van der Waals surface area contributed by atoms with Gasteiger partial charge in [-0.1, -0.05) is 53.5 Å². The number of aromatic nitrogens is 2. The van der Waals surface area contributed by atoms with Crippen molar-refractivity contribution in [3.63, 3.8) is 0 Å². The molecule has 210 valence electrons. The van der Waals surface area contributed by atoms with Crippen molar-refractivity contribution in [2.45, 2.75) is 58.7 Å². The zero-order valence-corrected chi connectivity index (χ0v) is 24.9. The number of pyridine rings is 1. The van der Waals surface area contributed by atoms with Gasteiger partial charge >= 0.3 is 0 Å². The van der Waals surface area contributed by atoms with Crippen molar-refractivity contribution in [2.24, 2.45) is 0 Å². The summed E-state index contributed by atoms with van der Waals surface area (Å²) in [6, 6.07) is 21.3. The van der Waals surface area contributed by atoms with Crippen LogP contribution in [0.2, 0.25) is 10.0 Å². The van der Waals surface area contributed by atoms with E-state index in [9.17, 15) is 9.90 Å². The van der Waals surface area contributed by atoms with E-state index in [1.165, 1.54) is 0 Å². The second-order valence-corrected chi connectivity index (χ2v) is 11.8. The molecule has 0 bridgehead atoms. The van der Waals surface area contributed by atoms with Gasteiger partial charge in [-0.25, -0.2) is 4.98 Å². The Bertz CT molecular complexity index is 1420. The summed E-state index contributed by atoms with van der Waals surface area (Å²) in [5.74, 6) is 0.766. The van der Waals surface area contributed by atoms with Crippen LogP contribution in [0.4, 0.5) is 0 Å². The molecule has 0 radical (unpaired) electrons. The van der Waals surface area contributed by atoms with E-state index in [4.69, 9.17) is 23.2 Å². The number of aliphatic hydroxyl groups excluding tert-OH is 1. The van der Waals surface area contributed by atoms with Crippen molar-refractivity contribution in [3.8, 4) is 5.82 Å². The molecule has 0 fully saturated rings. The van der Waals surface area contributed by atoms with Crippen LogP contribution in [-0.4, -0.2) is 32.6 Å². The lowest BCUT2D eigenvalue weighted by atomic mass is 9.93. The van der Waals surface area contributed by atoms with E-state index in [2.05, 4.69) is 58.3 Å². The van der Waals surface area contributed by atoms with E-state index in [0.29, 0.717) is 23.1 Å². The number of halogens is 2. The molecule has 0 unspecified atom stereocenters. The fourth-order valence-electron chi connectivity index (χ4n) is 4.83. The van der Waals surface area contributed by atoms with Crippen molar-refractivity contribution in [2.75, 3.05) is 6.54 Å². The third-order valence-corrected chi connectivity index (χ3v) is 7.28. The number of β-amino-alcohol motifs (C(OH)–C–C–N with tert-alkyl or cyclic N) is 1. The number of rotatable bonds is 11. The SMILES string of the molecule is Cc1ccc(C)n1-c1ccc([C@@H](O)CNC(C)(C)Cc2cccc(CC(=O)NCc3cc(Cl)cc(Cl)c3)c2)cn1. The lowest BCUT2D eigenvalue weighted by molar-refractivity contribution is -0.120. The van der Waals surface area contributed by atoms with Gasteiger partial charge in [0.05, 0.1) is 12.5 Å². The molecule has 3 N–H and O–H groups in total. The van der Waals surface area contributed by atoms with Gasteiger partial charge in [0, 0.05) is 51.8 Å². The second-order valence-electron chi connectivity index (χ2n) is 10.9. The van der Waals surface area contributed by atoms with E-state index in [0.717, 1.165) is 45.9 Å². The Balaban J connectivity index is 1.29. The van der Waals surface area contributed by atoms with Crippen LogP contribution in [0.5, 0.6) is 0 Å². The lowest BCUT2D eigenvalue weighted by Crippen LogP contribution is -2.43. The largest absolute Gasteiger partial charge is 0.387 e. The summed E-state index contributed by atoms with van der Waals surface area (Å²) in [7, 11) is 0. The highest BCUT2D eigenvalue weighted by molar-refractivity contribution is 6.34. The average molecular weight is 580 g/mol. The molecule has 0 saturated carbocycles. The molecule has 0 aliphatic rings. The summed E-state index contributed by atoms with van der Waals surface area (Å²) >= 11 is 12.1. The van der Waals surface area contributed by atoms with E-state index in [1.54, 1.807) is 24.4 Å². The van der Waals surface area contributed by atoms with E-state index >= 15 is 0 Å². The first kappa shape index (κ1) is 29.8. The number of hydrogen-bond donors (Lipinski definition) is 3. The molecule has 1 amide bonds. The smallest absolute Gasteiger partial charge is 0.224 e. The van der Waals surface area contributed by atoms with Crippen LogP contribution in [0.3, 0.4) is 0 Å². The standard InChI is InChI=1S/C32H36Cl2N4O2/c1-21-8-9-22(2)38(21)30-11-10-26(19-35-30)29(39)20-37-32(3,4)17-24-7-5-6-23(12-24)15-31(40)36-18-25-13-27(33)16-28(34)14-25/h5-14,16,19,29,37,39H,15,17-18,20H2,1-4H3,(H,36,40)/t29-/m0/s1. The van der Waals surface area contributed by atoms with Crippen molar-refractivity contribution in [1.29, 1.82) is 0 Å². The molecule has 1 atom stereocenters. The molecule has 0 aliphatic heterocycles. The molecule has 2 aromatic carbocycles. The molecule has 8 heteroatoms. The molecule has 2 aromatic heterocycles. The molecule has 0 spiro atoms. The van der Waals surface area contributed by atoms with Crippen LogP contribution < -0.4 is 10.6 Å². The average Bonchev–Trinajstić information content (AvgIpc) is 3.23. The number of aryl methyl sites for hydroxylation is 2. The molecular weight excluding hydrogens is 543 g/mol. The van der Waals surface area contributed by atoms with Gasteiger partial charge in [0.25, 0.3) is 0 Å². The molecule has 4 rings (SSSR count). The van der Waals surface area contributed by atoms with Gasteiger partial charge in [0.15, 0.2) is 0 Å². The predicted octanol–water partition coefficient (Wildman–Crippen LogP) is 6.30. The highest BCUT2D eigenvalue weighted by Crippen LogP contribution is 2.21. The number of hydrogen-bond acceptors (Lipinski definition) is 4. The van der Waals surface area contributed by atoms with Gasteiger partial charge in [0.1, 0.15) is 5.82 Å². The highest BCUT2D eigenvalue weighted by Gasteiger charge is 2.20. The highest BCUT2D eigenvalue weighted by atomic mass is 35.5. The Morgan fingerprint density at radius 1 is 0.950 bits per heavy atom. The third-order valence-electron chi connectivity index (χ3n) is 6.84. The van der Waals surface area contributed by atoms with Crippen molar-refractivity contribution < 1.29 is 9.90 Å². The summed E-state index contributed by atoms with van der Waals surface area (Å²) in [5, 5.41) is 18.3. The number of nitrogens with zero attached hydrogens (tertiary/aromatic N) is 2. The molecule has 0 saturated heterocycles. The maximum absolute atomic E-state index is 12.6. The zero-order chi connectivity index (χ0) is 28.9. The molecule has 40 heavy (non-hydrogen) atoms. The molecule has 0 aliphatic carbocycles. The van der Waals surface area contributed by atoms with Crippen LogP contribution in [0.15, 0.2) is 72.9 Å². The number of aliphatic hydroxyl groups is 1. The number of carbonyl (C=O) groups is 1. The summed E-state index contributed by atoms with van der Waals surface area (Å²) in [6.45, 7) is 9.07. The predicted molar refractivity (Wildman–Crippen MR) is 162 cm³/mol. The fraction of sp³-hybridized carbons (Fsp3) is 0.312. The maximum atomic E-state index is 12.6. The first-order valence-corrected chi connectivity index (χ1v) is 14.1. The first-order chi connectivity index (χ1) is 19.0. The number of nitrogens with one attached hydrogen (secondary N) is 2. The maximum Gasteiger partial charge on any atom is 0.224 e. The Morgan fingerprint density at radius 3 is 2.27 bits per heavy atom. The minimum atomic E-state index is -0.683. The zero-order valence-electron chi connectivity index (χ0n) is 23.3. The lowest BCUT2D eigenvalue weighted by Gasteiger charge is -2.28. The molecule has 6 nitrogen and oxygen atoms in total. The van der Waals surface area contributed by atoms with Gasteiger partial charge in [-0.2, -0.15) is 0 Å². The van der Waals surface area contributed by atoms with Crippen LogP contribution in [0.1, 0.15) is 53.6 Å². The second kappa shape index (κ2) is 13.0. The van der Waals surface area contributed by atoms with Crippen LogP contribution in [-0.2, 0) is 24.2 Å². The van der Waals surface area contributed by atoms with E-state index in [1.807, 2.05) is 38.1 Å². The summed E-state index contributed by atoms with van der Waals surface area (Å²) in [5.41, 5.74) is 5.63. The number of amides is 1. The quantitative estimate of drug-likeness (QED) is 0.195. The minimum Gasteiger partial charge on any atom is -0.387 e. The summed E-state index contributed by atoms with van der Waals surface area (Å²) in [6.07, 6.45) is 2.07. The van der Waals surface area contributed by atoms with Gasteiger partial charge in [-0.05, 0) is 87.2 Å². The van der Waals surface area contributed by atoms with Crippen LogP contribution in [0.25, 0.3) is 5.82 Å². The Labute approximate surface area is 246 Å². The topological polar surface area (TPSA) is 79.2 Å². The summed E-state index contributed by atoms with van der Waals surface area (Å²) in [4.78, 5) is 17.1.